The number of hydrogen-bond acceptors (Lipinski definition) is 0. The topological polar surface area (TPSA) is 0 Å². The molecule has 0 amide bonds. The Morgan fingerprint density at radius 2 is 0.444 bits per heavy atom. The third-order valence-electron chi connectivity index (χ3n) is 9.57. The van der Waals surface area contributed by atoms with Crippen LogP contribution in [0.2, 0.25) is 0 Å². The average Bonchev–Trinajstić information content (AvgIpc) is 3.05. The summed E-state index contributed by atoms with van der Waals surface area (Å²) < 4.78 is 0. The molecule has 96 valence electrons. The van der Waals surface area contributed by atoms with E-state index in [0.717, 1.165) is 0 Å². The van der Waals surface area contributed by atoms with Crippen LogP contribution in [0.15, 0.2) is 0 Å². The van der Waals surface area contributed by atoms with E-state index in [9.17, 15) is 0 Å². The Hall–Kier alpha value is 0. The smallest absolute Gasteiger partial charge is 0.0318 e. The first-order valence-electron chi connectivity index (χ1n) is 8.90. The van der Waals surface area contributed by atoms with Crippen molar-refractivity contribution in [2.45, 2.75) is 38.5 Å². The second-order valence-corrected chi connectivity index (χ2v) is 9.44. The maximum absolute atomic E-state index is 1.68. The van der Waals surface area contributed by atoms with Crippen molar-refractivity contribution in [2.24, 2.45) is 71.0 Å². The zero-order valence-electron chi connectivity index (χ0n) is 11.2. The zero-order chi connectivity index (χ0) is 11.2. The first-order chi connectivity index (χ1) is 8.90. The van der Waals surface area contributed by atoms with Gasteiger partial charge in [0.1, 0.15) is 0 Å². The molecule has 0 aromatic carbocycles. The molecule has 7 aliphatic carbocycles. The van der Waals surface area contributed by atoms with Gasteiger partial charge in [-0.2, -0.15) is 0 Å². The maximum Gasteiger partial charge on any atom is -0.0318 e. The Kier molecular flexibility index (Phi) is 1.24. The normalized spacial score (nSPS) is 80.0. The van der Waals surface area contributed by atoms with Gasteiger partial charge >= 0.3 is 0 Å². The molecule has 0 nitrogen and oxygen atoms in total. The lowest BCUT2D eigenvalue weighted by Crippen LogP contribution is -2.41. The number of hydrogen-bond donors (Lipinski definition) is 0. The van der Waals surface area contributed by atoms with Gasteiger partial charge in [0.05, 0.1) is 0 Å². The molecule has 0 aromatic heterocycles. The van der Waals surface area contributed by atoms with E-state index in [1.807, 2.05) is 0 Å². The van der Waals surface area contributed by atoms with Crippen LogP contribution in [0.5, 0.6) is 0 Å². The first kappa shape index (κ1) is 9.03. The van der Waals surface area contributed by atoms with Gasteiger partial charge in [0.25, 0.3) is 0 Å². The summed E-state index contributed by atoms with van der Waals surface area (Å²) in [5, 5.41) is 0. The molecule has 0 aliphatic heterocycles. The summed E-state index contributed by atoms with van der Waals surface area (Å²) in [6.07, 6.45) is 10.1. The Morgan fingerprint density at radius 3 is 0.611 bits per heavy atom. The van der Waals surface area contributed by atoms with Crippen LogP contribution in [-0.4, -0.2) is 0 Å². The predicted molar refractivity (Wildman–Crippen MR) is 69.6 cm³/mol. The average molecular weight is 240 g/mol. The van der Waals surface area contributed by atoms with E-state index in [1.54, 1.807) is 38.5 Å². The molecule has 7 fully saturated rings. The minimum atomic E-state index is 1.22. The summed E-state index contributed by atoms with van der Waals surface area (Å²) in [6, 6.07) is 0. The summed E-state index contributed by atoms with van der Waals surface area (Å²) in [5.41, 5.74) is 0. The summed E-state index contributed by atoms with van der Waals surface area (Å²) in [6.45, 7) is 0. The summed E-state index contributed by atoms with van der Waals surface area (Å²) in [4.78, 5) is 0. The van der Waals surface area contributed by atoms with Crippen LogP contribution < -0.4 is 0 Å². The lowest BCUT2D eigenvalue weighted by atomic mass is 9.60. The van der Waals surface area contributed by atoms with Gasteiger partial charge in [-0.3, -0.25) is 0 Å². The molecular formula is C18H24. The van der Waals surface area contributed by atoms with Crippen molar-refractivity contribution < 1.29 is 0 Å². The molecular weight excluding hydrogens is 216 g/mol. The van der Waals surface area contributed by atoms with Gasteiger partial charge in [-0.15, -0.1) is 0 Å². The molecule has 18 heavy (non-hydrogen) atoms. The summed E-state index contributed by atoms with van der Waals surface area (Å²) in [5.74, 6) is 14.9. The third kappa shape index (κ3) is 0.694. The molecule has 0 bridgehead atoms. The van der Waals surface area contributed by atoms with Crippen molar-refractivity contribution in [1.29, 1.82) is 0 Å². The van der Waals surface area contributed by atoms with E-state index in [-0.39, 0.29) is 0 Å². The van der Waals surface area contributed by atoms with Crippen LogP contribution in [0.3, 0.4) is 0 Å². The largest absolute Gasteiger partial charge is 0.0470 e. The quantitative estimate of drug-likeness (QED) is 0.604. The highest BCUT2D eigenvalue weighted by molar-refractivity contribution is 5.22. The zero-order valence-corrected chi connectivity index (χ0v) is 11.2. The maximum atomic E-state index is 1.68. The van der Waals surface area contributed by atoms with Crippen molar-refractivity contribution in [3.8, 4) is 0 Å². The van der Waals surface area contributed by atoms with Crippen LogP contribution in [0.4, 0.5) is 0 Å². The molecule has 0 saturated heterocycles. The fraction of sp³-hybridized carbons (Fsp3) is 1.00. The standard InChI is InChI=1S/C18H24/c1-7-2-9-4-11-6-12-5-10-3-8(1)14-13(7)15(9)17(11)18(12)16(10)14/h7-18H,1-6H2. The van der Waals surface area contributed by atoms with E-state index in [4.69, 9.17) is 0 Å². The van der Waals surface area contributed by atoms with E-state index in [2.05, 4.69) is 0 Å². The van der Waals surface area contributed by atoms with Crippen molar-refractivity contribution in [3.63, 3.8) is 0 Å². The van der Waals surface area contributed by atoms with Gasteiger partial charge in [-0.05, 0) is 110 Å². The van der Waals surface area contributed by atoms with Crippen molar-refractivity contribution >= 4 is 0 Å². The monoisotopic (exact) mass is 240 g/mol. The predicted octanol–water partition coefficient (Wildman–Crippen LogP) is 3.82. The molecule has 0 radical (unpaired) electrons. The van der Waals surface area contributed by atoms with Gasteiger partial charge in [0.15, 0.2) is 0 Å². The summed E-state index contributed by atoms with van der Waals surface area (Å²) in [7, 11) is 0. The third-order valence-corrected chi connectivity index (χ3v) is 9.57. The van der Waals surface area contributed by atoms with Crippen LogP contribution in [-0.2, 0) is 0 Å². The van der Waals surface area contributed by atoms with Crippen molar-refractivity contribution in [2.75, 3.05) is 0 Å². The van der Waals surface area contributed by atoms with Crippen molar-refractivity contribution in [3.05, 3.63) is 0 Å². The molecule has 7 aliphatic rings. The highest BCUT2D eigenvalue weighted by Gasteiger charge is 2.74. The van der Waals surface area contributed by atoms with Gasteiger partial charge in [-0.1, -0.05) is 0 Å². The van der Waals surface area contributed by atoms with E-state index in [1.165, 1.54) is 71.0 Å². The molecule has 0 heteroatoms. The lowest BCUT2D eigenvalue weighted by Gasteiger charge is -2.45. The Bertz CT molecular complexity index is 320. The molecule has 0 spiro atoms. The number of rotatable bonds is 0. The molecule has 7 rings (SSSR count). The van der Waals surface area contributed by atoms with Crippen LogP contribution in [0.25, 0.3) is 0 Å². The highest BCUT2D eigenvalue weighted by atomic mass is 14.8. The minimum absolute atomic E-state index is 1.22. The molecule has 7 saturated carbocycles. The molecule has 0 N–H and O–H groups in total. The second kappa shape index (κ2) is 2.47. The SMILES string of the molecule is C1C2CC3CC4CC5CC6CC1C1C2C3C4C5C61. The molecule has 0 atom stereocenters. The summed E-state index contributed by atoms with van der Waals surface area (Å²) >= 11 is 0. The fourth-order valence-corrected chi connectivity index (χ4v) is 10.1. The second-order valence-electron chi connectivity index (χ2n) is 9.44. The van der Waals surface area contributed by atoms with Crippen molar-refractivity contribution in [1.82, 2.24) is 0 Å². The molecule has 0 aromatic rings. The lowest BCUT2D eigenvalue weighted by molar-refractivity contribution is 0.0202. The Balaban J connectivity index is 1.51. The van der Waals surface area contributed by atoms with Crippen LogP contribution in [0.1, 0.15) is 38.5 Å². The highest BCUT2D eigenvalue weighted by Crippen LogP contribution is 2.80. The van der Waals surface area contributed by atoms with Gasteiger partial charge in [0.2, 0.25) is 0 Å². The van der Waals surface area contributed by atoms with Gasteiger partial charge in [-0.25, -0.2) is 0 Å². The van der Waals surface area contributed by atoms with Gasteiger partial charge in [0, 0.05) is 0 Å². The van der Waals surface area contributed by atoms with Crippen LogP contribution in [0, 0.1) is 71.0 Å². The first-order valence-corrected chi connectivity index (χ1v) is 8.90. The molecule has 0 unspecified atom stereocenters. The Morgan fingerprint density at radius 1 is 0.278 bits per heavy atom. The molecule has 0 heterocycles. The fourth-order valence-electron chi connectivity index (χ4n) is 10.1. The van der Waals surface area contributed by atoms with E-state index < -0.39 is 0 Å². The van der Waals surface area contributed by atoms with Crippen LogP contribution >= 0.6 is 0 Å². The van der Waals surface area contributed by atoms with E-state index in [0.29, 0.717) is 0 Å². The minimum Gasteiger partial charge on any atom is -0.0470 e. The van der Waals surface area contributed by atoms with E-state index >= 15 is 0 Å². The Labute approximate surface area is 110 Å². The van der Waals surface area contributed by atoms with Gasteiger partial charge < -0.3 is 0 Å².